The van der Waals surface area contributed by atoms with Gasteiger partial charge < -0.3 is 4.52 Å². The maximum absolute atomic E-state index is 10.9. The van der Waals surface area contributed by atoms with Crippen molar-refractivity contribution in [1.82, 2.24) is 9.88 Å². The molecule has 0 spiro atoms. The lowest BCUT2D eigenvalue weighted by Crippen LogP contribution is -2.24. The second-order valence-electron chi connectivity index (χ2n) is 4.11. The molecule has 0 aliphatic carbocycles. The Labute approximate surface area is 116 Å². The molecule has 0 bridgehead atoms. The van der Waals surface area contributed by atoms with E-state index in [0.717, 1.165) is 11.8 Å². The molecule has 5 nitrogen and oxygen atoms in total. The third-order valence-electron chi connectivity index (χ3n) is 2.43. The number of hydrogen-bond donors (Lipinski definition) is 1. The largest absolute Gasteiger partial charge is 0.356 e. The molecular formula is C12H13ClN2O3S. The molecule has 0 unspecified atom stereocenters. The van der Waals surface area contributed by atoms with E-state index in [1.807, 2.05) is 12.1 Å². The Balaban J connectivity index is 2.01. The second kappa shape index (κ2) is 5.73. The van der Waals surface area contributed by atoms with E-state index in [1.54, 1.807) is 18.2 Å². The normalized spacial score (nSPS) is 11.7. The first-order chi connectivity index (χ1) is 8.94. The predicted octanol–water partition coefficient (Wildman–Crippen LogP) is 2.09. The number of nitrogens with zero attached hydrogens (tertiary/aromatic N) is 1. The van der Waals surface area contributed by atoms with Gasteiger partial charge in [-0.3, -0.25) is 0 Å². The molecule has 1 aromatic heterocycles. The van der Waals surface area contributed by atoms with Crippen LogP contribution in [0.25, 0.3) is 11.3 Å². The minimum atomic E-state index is -3.17. The van der Waals surface area contributed by atoms with Crippen molar-refractivity contribution in [2.75, 3.05) is 12.8 Å². The van der Waals surface area contributed by atoms with Crippen LogP contribution in [-0.4, -0.2) is 26.4 Å². The van der Waals surface area contributed by atoms with Crippen LogP contribution >= 0.6 is 11.6 Å². The van der Waals surface area contributed by atoms with E-state index in [9.17, 15) is 8.42 Å². The number of halogens is 1. The lowest BCUT2D eigenvalue weighted by Gasteiger charge is -1.98. The molecule has 0 fully saturated rings. The zero-order chi connectivity index (χ0) is 13.9. The molecule has 0 saturated carbocycles. The molecule has 0 saturated heterocycles. The summed E-state index contributed by atoms with van der Waals surface area (Å²) >= 11 is 5.80. The lowest BCUT2D eigenvalue weighted by molar-refractivity contribution is 0.423. The van der Waals surface area contributed by atoms with Crippen LogP contribution in [0, 0.1) is 0 Å². The van der Waals surface area contributed by atoms with E-state index in [0.29, 0.717) is 29.4 Å². The van der Waals surface area contributed by atoms with E-state index in [4.69, 9.17) is 16.1 Å². The van der Waals surface area contributed by atoms with Crippen molar-refractivity contribution in [1.29, 1.82) is 0 Å². The summed E-state index contributed by atoms with van der Waals surface area (Å²) in [5, 5.41) is 4.55. The van der Waals surface area contributed by atoms with Gasteiger partial charge in [-0.05, 0) is 24.3 Å². The van der Waals surface area contributed by atoms with E-state index in [-0.39, 0.29) is 0 Å². The molecule has 0 aliphatic rings. The number of aromatic nitrogens is 1. The Hall–Kier alpha value is -1.37. The topological polar surface area (TPSA) is 72.2 Å². The van der Waals surface area contributed by atoms with E-state index in [2.05, 4.69) is 9.88 Å². The van der Waals surface area contributed by atoms with Gasteiger partial charge in [-0.2, -0.15) is 0 Å². The lowest BCUT2D eigenvalue weighted by atomic mass is 10.1. The van der Waals surface area contributed by atoms with Crippen LogP contribution in [0.2, 0.25) is 5.02 Å². The fraction of sp³-hybridized carbons (Fsp3) is 0.250. The van der Waals surface area contributed by atoms with Gasteiger partial charge >= 0.3 is 0 Å². The van der Waals surface area contributed by atoms with E-state index in [1.165, 1.54) is 0 Å². The summed E-state index contributed by atoms with van der Waals surface area (Å²) in [5.41, 5.74) is 1.57. The van der Waals surface area contributed by atoms with Gasteiger partial charge in [0.05, 0.1) is 11.9 Å². The van der Waals surface area contributed by atoms with E-state index < -0.39 is 10.0 Å². The molecule has 102 valence electrons. The Kier molecular flexibility index (Phi) is 4.24. The number of rotatable bonds is 5. The van der Waals surface area contributed by atoms with Crippen molar-refractivity contribution in [3.8, 4) is 11.3 Å². The monoisotopic (exact) mass is 300 g/mol. The molecule has 1 aromatic carbocycles. The van der Waals surface area contributed by atoms with Crippen molar-refractivity contribution in [3.05, 3.63) is 41.0 Å². The van der Waals surface area contributed by atoms with Crippen LogP contribution in [0.4, 0.5) is 0 Å². The first kappa shape index (κ1) is 14.0. The molecule has 2 aromatic rings. The third kappa shape index (κ3) is 4.34. The van der Waals surface area contributed by atoms with Gasteiger partial charge in [0.25, 0.3) is 0 Å². The fourth-order valence-corrected chi connectivity index (χ4v) is 2.14. The standard InChI is InChI=1S/C12H13ClN2O3S/c1-19(16,17)14-7-6-11-8-12(18-15-11)9-2-4-10(13)5-3-9/h2-5,8,14H,6-7H2,1H3. The molecule has 1 heterocycles. The van der Waals surface area contributed by atoms with Gasteiger partial charge in [-0.25, -0.2) is 13.1 Å². The molecule has 2 rings (SSSR count). The highest BCUT2D eigenvalue weighted by Crippen LogP contribution is 2.22. The second-order valence-corrected chi connectivity index (χ2v) is 6.38. The average Bonchev–Trinajstić information content (AvgIpc) is 2.77. The van der Waals surface area contributed by atoms with Crippen molar-refractivity contribution in [3.63, 3.8) is 0 Å². The summed E-state index contributed by atoms with van der Waals surface area (Å²) in [7, 11) is -3.17. The quantitative estimate of drug-likeness (QED) is 0.917. The molecule has 0 radical (unpaired) electrons. The fourth-order valence-electron chi connectivity index (χ4n) is 1.54. The number of benzene rings is 1. The summed E-state index contributed by atoms with van der Waals surface area (Å²) in [5.74, 6) is 0.631. The van der Waals surface area contributed by atoms with Crippen LogP contribution in [-0.2, 0) is 16.4 Å². The van der Waals surface area contributed by atoms with Crippen molar-refractivity contribution in [2.45, 2.75) is 6.42 Å². The molecule has 1 N–H and O–H groups in total. The molecule has 19 heavy (non-hydrogen) atoms. The van der Waals surface area contributed by atoms with Crippen molar-refractivity contribution in [2.24, 2.45) is 0 Å². The molecule has 0 amide bonds. The minimum absolute atomic E-state index is 0.297. The summed E-state index contributed by atoms with van der Waals surface area (Å²) in [6.45, 7) is 0.297. The minimum Gasteiger partial charge on any atom is -0.356 e. The maximum atomic E-state index is 10.9. The highest BCUT2D eigenvalue weighted by atomic mass is 35.5. The van der Waals surface area contributed by atoms with Gasteiger partial charge in [0.1, 0.15) is 0 Å². The molecule has 7 heteroatoms. The molecule has 0 aliphatic heterocycles. The Morgan fingerprint density at radius 1 is 1.32 bits per heavy atom. The summed E-state index contributed by atoms with van der Waals surface area (Å²) < 4.78 is 29.4. The smallest absolute Gasteiger partial charge is 0.208 e. The maximum Gasteiger partial charge on any atom is 0.208 e. The first-order valence-corrected chi connectivity index (χ1v) is 7.87. The van der Waals surface area contributed by atoms with Crippen LogP contribution in [0.3, 0.4) is 0 Å². The van der Waals surface area contributed by atoms with Crippen molar-refractivity contribution < 1.29 is 12.9 Å². The van der Waals surface area contributed by atoms with E-state index >= 15 is 0 Å². The number of hydrogen-bond acceptors (Lipinski definition) is 4. The summed E-state index contributed by atoms with van der Waals surface area (Å²) in [4.78, 5) is 0. The number of sulfonamides is 1. The highest BCUT2D eigenvalue weighted by Gasteiger charge is 2.07. The number of nitrogens with one attached hydrogen (secondary N) is 1. The molecule has 0 atom stereocenters. The van der Waals surface area contributed by atoms with Crippen LogP contribution in [0.1, 0.15) is 5.69 Å². The van der Waals surface area contributed by atoms with Gasteiger partial charge in [-0.1, -0.05) is 16.8 Å². The van der Waals surface area contributed by atoms with Gasteiger partial charge in [0, 0.05) is 29.6 Å². The summed E-state index contributed by atoms with van der Waals surface area (Å²) in [6, 6.07) is 8.99. The third-order valence-corrected chi connectivity index (χ3v) is 3.41. The SMILES string of the molecule is CS(=O)(=O)NCCc1cc(-c2ccc(Cl)cc2)on1. The predicted molar refractivity (Wildman–Crippen MR) is 73.5 cm³/mol. The van der Waals surface area contributed by atoms with Crippen LogP contribution < -0.4 is 4.72 Å². The zero-order valence-electron chi connectivity index (χ0n) is 10.3. The van der Waals surface area contributed by atoms with Crippen LogP contribution in [0.5, 0.6) is 0 Å². The van der Waals surface area contributed by atoms with Gasteiger partial charge in [-0.15, -0.1) is 0 Å². The average molecular weight is 301 g/mol. The zero-order valence-corrected chi connectivity index (χ0v) is 11.8. The highest BCUT2D eigenvalue weighted by molar-refractivity contribution is 7.88. The first-order valence-electron chi connectivity index (χ1n) is 5.60. The van der Waals surface area contributed by atoms with Crippen molar-refractivity contribution >= 4 is 21.6 Å². The molecular weight excluding hydrogens is 288 g/mol. The Bertz CT molecular complexity index is 650. The Morgan fingerprint density at radius 2 is 2.00 bits per heavy atom. The van der Waals surface area contributed by atoms with Gasteiger partial charge in [0.15, 0.2) is 5.76 Å². The Morgan fingerprint density at radius 3 is 2.63 bits per heavy atom. The summed E-state index contributed by atoms with van der Waals surface area (Å²) in [6.07, 6.45) is 1.60. The van der Waals surface area contributed by atoms with Crippen LogP contribution in [0.15, 0.2) is 34.9 Å². The van der Waals surface area contributed by atoms with Gasteiger partial charge in [0.2, 0.25) is 10.0 Å².